The van der Waals surface area contributed by atoms with E-state index in [9.17, 15) is 4.79 Å². The topological polar surface area (TPSA) is 26.3 Å². The van der Waals surface area contributed by atoms with Gasteiger partial charge in [-0.15, -0.1) is 11.6 Å². The first-order valence-corrected chi connectivity index (χ1v) is 4.37. The maximum absolute atomic E-state index is 11.1. The van der Waals surface area contributed by atoms with Crippen molar-refractivity contribution in [2.75, 3.05) is 0 Å². The molecule has 0 radical (unpaired) electrons. The van der Waals surface area contributed by atoms with E-state index in [4.69, 9.17) is 16.3 Å². The third kappa shape index (κ3) is 2.37. The van der Waals surface area contributed by atoms with Crippen LogP contribution in [0.5, 0.6) is 0 Å². The van der Waals surface area contributed by atoms with Crippen molar-refractivity contribution in [2.24, 2.45) is 5.92 Å². The minimum absolute atomic E-state index is 0.00289. The zero-order valence-electron chi connectivity index (χ0n) is 6.84. The summed E-state index contributed by atoms with van der Waals surface area (Å²) in [5.74, 6) is -0.0169. The molecule has 0 unspecified atom stereocenters. The van der Waals surface area contributed by atoms with E-state index in [1.807, 2.05) is 13.8 Å². The quantitative estimate of drug-likeness (QED) is 0.475. The van der Waals surface area contributed by atoms with Crippen LogP contribution >= 0.6 is 11.6 Å². The van der Waals surface area contributed by atoms with Crippen LogP contribution in [0.2, 0.25) is 0 Å². The standard InChI is InChI=1S/C8H13ClO2/c1-5(2)11-8(10)6-3-7(9)4-6/h5-7H,3-4H2,1-2H3. The first kappa shape index (κ1) is 8.85. The highest BCUT2D eigenvalue weighted by atomic mass is 35.5. The lowest BCUT2D eigenvalue weighted by Crippen LogP contribution is -2.33. The Hall–Kier alpha value is -0.240. The van der Waals surface area contributed by atoms with Crippen LogP contribution in [-0.2, 0) is 9.53 Å². The lowest BCUT2D eigenvalue weighted by molar-refractivity contribution is -0.155. The van der Waals surface area contributed by atoms with Crippen molar-refractivity contribution >= 4 is 17.6 Å². The zero-order chi connectivity index (χ0) is 8.43. The van der Waals surface area contributed by atoms with E-state index in [1.165, 1.54) is 0 Å². The van der Waals surface area contributed by atoms with Crippen molar-refractivity contribution in [3.8, 4) is 0 Å². The Labute approximate surface area is 71.9 Å². The van der Waals surface area contributed by atoms with E-state index in [0.717, 1.165) is 12.8 Å². The van der Waals surface area contributed by atoms with Crippen LogP contribution < -0.4 is 0 Å². The average molecular weight is 177 g/mol. The SMILES string of the molecule is CC(C)OC(=O)C1CC(Cl)C1. The molecule has 0 bridgehead atoms. The molecule has 1 fully saturated rings. The number of alkyl halides is 1. The summed E-state index contributed by atoms with van der Waals surface area (Å²) in [5, 5.41) is 0.194. The van der Waals surface area contributed by atoms with Gasteiger partial charge >= 0.3 is 5.97 Å². The largest absolute Gasteiger partial charge is 0.463 e. The average Bonchev–Trinajstić information content (AvgIpc) is 1.79. The van der Waals surface area contributed by atoms with E-state index in [-0.39, 0.29) is 23.4 Å². The molecule has 0 aromatic heterocycles. The number of carbonyl (C=O) groups is 1. The van der Waals surface area contributed by atoms with Gasteiger partial charge in [-0.1, -0.05) is 0 Å². The molecule has 0 heterocycles. The van der Waals surface area contributed by atoms with E-state index >= 15 is 0 Å². The van der Waals surface area contributed by atoms with Gasteiger partial charge in [0.2, 0.25) is 0 Å². The molecular formula is C8H13ClO2. The van der Waals surface area contributed by atoms with E-state index in [0.29, 0.717) is 0 Å². The number of hydrogen-bond acceptors (Lipinski definition) is 2. The van der Waals surface area contributed by atoms with Crippen LogP contribution in [0, 0.1) is 5.92 Å². The molecule has 0 aromatic rings. The lowest BCUT2D eigenvalue weighted by atomic mass is 9.85. The number of rotatable bonds is 2. The van der Waals surface area contributed by atoms with Crippen molar-refractivity contribution in [3.63, 3.8) is 0 Å². The Bertz CT molecular complexity index is 150. The first-order valence-electron chi connectivity index (χ1n) is 3.94. The molecule has 0 aromatic carbocycles. The van der Waals surface area contributed by atoms with E-state index < -0.39 is 0 Å². The van der Waals surface area contributed by atoms with Gasteiger partial charge in [0.1, 0.15) is 0 Å². The predicted molar refractivity (Wildman–Crippen MR) is 43.6 cm³/mol. The van der Waals surface area contributed by atoms with E-state index in [1.54, 1.807) is 0 Å². The summed E-state index contributed by atoms with van der Waals surface area (Å²) < 4.78 is 5.00. The summed E-state index contributed by atoms with van der Waals surface area (Å²) in [5.41, 5.74) is 0. The molecule has 1 rings (SSSR count). The summed E-state index contributed by atoms with van der Waals surface area (Å²) in [4.78, 5) is 11.1. The number of hydrogen-bond donors (Lipinski definition) is 0. The van der Waals surface area contributed by atoms with Gasteiger partial charge in [-0.3, -0.25) is 4.79 Å². The van der Waals surface area contributed by atoms with Crippen molar-refractivity contribution in [1.82, 2.24) is 0 Å². The summed E-state index contributed by atoms with van der Waals surface area (Å²) >= 11 is 5.72. The van der Waals surface area contributed by atoms with Crippen molar-refractivity contribution in [1.29, 1.82) is 0 Å². The van der Waals surface area contributed by atoms with Crippen molar-refractivity contribution in [2.45, 2.75) is 38.2 Å². The van der Waals surface area contributed by atoms with Crippen LogP contribution in [0.3, 0.4) is 0 Å². The van der Waals surface area contributed by atoms with Gasteiger partial charge in [-0.05, 0) is 26.7 Å². The molecule has 0 atom stereocenters. The van der Waals surface area contributed by atoms with Crippen molar-refractivity contribution < 1.29 is 9.53 Å². The lowest BCUT2D eigenvalue weighted by Gasteiger charge is -2.29. The summed E-state index contributed by atoms with van der Waals surface area (Å²) in [6.45, 7) is 3.71. The maximum atomic E-state index is 11.1. The fraction of sp³-hybridized carbons (Fsp3) is 0.875. The minimum atomic E-state index is -0.0862. The van der Waals surface area contributed by atoms with Crippen LogP contribution in [0.15, 0.2) is 0 Å². The molecule has 1 aliphatic rings. The molecule has 11 heavy (non-hydrogen) atoms. The Morgan fingerprint density at radius 3 is 2.45 bits per heavy atom. The van der Waals surface area contributed by atoms with Crippen LogP contribution in [0.4, 0.5) is 0 Å². The Morgan fingerprint density at radius 2 is 2.09 bits per heavy atom. The molecule has 0 spiro atoms. The molecule has 0 aliphatic heterocycles. The number of carbonyl (C=O) groups excluding carboxylic acids is 1. The smallest absolute Gasteiger partial charge is 0.309 e. The van der Waals surface area contributed by atoms with Crippen LogP contribution in [0.25, 0.3) is 0 Å². The molecule has 0 N–H and O–H groups in total. The Balaban J connectivity index is 2.21. The Morgan fingerprint density at radius 1 is 1.55 bits per heavy atom. The fourth-order valence-electron chi connectivity index (χ4n) is 1.07. The molecule has 1 saturated carbocycles. The predicted octanol–water partition coefficient (Wildman–Crippen LogP) is 1.96. The minimum Gasteiger partial charge on any atom is -0.463 e. The van der Waals surface area contributed by atoms with Gasteiger partial charge in [-0.25, -0.2) is 0 Å². The molecule has 0 saturated heterocycles. The van der Waals surface area contributed by atoms with Gasteiger partial charge in [-0.2, -0.15) is 0 Å². The number of ether oxygens (including phenoxy) is 1. The molecular weight excluding hydrogens is 164 g/mol. The molecule has 3 heteroatoms. The second-order valence-electron chi connectivity index (χ2n) is 3.25. The highest BCUT2D eigenvalue weighted by Gasteiger charge is 2.34. The molecule has 64 valence electrons. The second-order valence-corrected chi connectivity index (χ2v) is 3.87. The summed E-state index contributed by atoms with van der Waals surface area (Å²) in [6, 6.07) is 0. The highest BCUT2D eigenvalue weighted by Crippen LogP contribution is 2.32. The van der Waals surface area contributed by atoms with Crippen LogP contribution in [-0.4, -0.2) is 17.5 Å². The third-order valence-electron chi connectivity index (χ3n) is 1.77. The maximum Gasteiger partial charge on any atom is 0.309 e. The van der Waals surface area contributed by atoms with Gasteiger partial charge < -0.3 is 4.74 Å². The molecule has 1 aliphatic carbocycles. The number of halogens is 1. The third-order valence-corrected chi connectivity index (χ3v) is 2.12. The van der Waals surface area contributed by atoms with Crippen LogP contribution in [0.1, 0.15) is 26.7 Å². The molecule has 2 nitrogen and oxygen atoms in total. The van der Waals surface area contributed by atoms with Gasteiger partial charge in [0.25, 0.3) is 0 Å². The number of esters is 1. The summed E-state index contributed by atoms with van der Waals surface area (Å²) in [7, 11) is 0. The fourth-order valence-corrected chi connectivity index (χ4v) is 1.50. The van der Waals surface area contributed by atoms with Gasteiger partial charge in [0.15, 0.2) is 0 Å². The van der Waals surface area contributed by atoms with E-state index in [2.05, 4.69) is 0 Å². The van der Waals surface area contributed by atoms with Crippen molar-refractivity contribution in [3.05, 3.63) is 0 Å². The zero-order valence-corrected chi connectivity index (χ0v) is 7.60. The Kier molecular flexibility index (Phi) is 2.77. The monoisotopic (exact) mass is 176 g/mol. The second kappa shape index (κ2) is 3.44. The summed E-state index contributed by atoms with van der Waals surface area (Å²) in [6.07, 6.45) is 1.57. The van der Waals surface area contributed by atoms with Gasteiger partial charge in [0.05, 0.1) is 12.0 Å². The highest BCUT2D eigenvalue weighted by molar-refractivity contribution is 6.21. The first-order chi connectivity index (χ1) is 5.09. The molecule has 0 amide bonds. The normalized spacial score (nSPS) is 29.8. The van der Waals surface area contributed by atoms with Gasteiger partial charge in [0, 0.05) is 5.38 Å².